The Morgan fingerprint density at radius 1 is 1.08 bits per heavy atom. The zero-order chi connectivity index (χ0) is 18.0. The van der Waals surface area contributed by atoms with Gasteiger partial charge in [0.05, 0.1) is 11.3 Å². The number of nitrogens with one attached hydrogen (secondary N) is 1. The molecule has 0 atom stereocenters. The van der Waals surface area contributed by atoms with Crippen molar-refractivity contribution in [1.29, 1.82) is 5.26 Å². The number of benzene rings is 2. The number of hydrogen-bond donors (Lipinski definition) is 1. The van der Waals surface area contributed by atoms with Crippen molar-refractivity contribution >= 4 is 28.8 Å². The van der Waals surface area contributed by atoms with E-state index in [0.29, 0.717) is 11.3 Å². The van der Waals surface area contributed by atoms with Gasteiger partial charge in [0.25, 0.3) is 11.8 Å². The Balaban J connectivity index is 2.09. The van der Waals surface area contributed by atoms with Crippen LogP contribution in [0, 0.1) is 11.3 Å². The van der Waals surface area contributed by atoms with Crippen LogP contribution in [0.15, 0.2) is 60.2 Å². The summed E-state index contributed by atoms with van der Waals surface area (Å²) in [6.45, 7) is 3.79. The van der Waals surface area contributed by atoms with Gasteiger partial charge in [0, 0.05) is 17.3 Å². The standard InChI is InChI=1S/C20H17N3O2/c1-13(2)23-17-11-7-6-10-15(17)18(20(23)25)16(12-21)19(24)22-14-8-4-3-5-9-14/h3-11,13H,1-2H3,(H,22,24). The fraction of sp³-hybridized carbons (Fsp3) is 0.150. The van der Waals surface area contributed by atoms with Crippen molar-refractivity contribution in [1.82, 2.24) is 0 Å². The van der Waals surface area contributed by atoms with Gasteiger partial charge in [-0.05, 0) is 32.0 Å². The van der Waals surface area contributed by atoms with Crippen LogP contribution in [0.4, 0.5) is 11.4 Å². The van der Waals surface area contributed by atoms with Gasteiger partial charge in [-0.1, -0.05) is 36.4 Å². The second-order valence-corrected chi connectivity index (χ2v) is 5.97. The fourth-order valence-electron chi connectivity index (χ4n) is 2.93. The molecule has 5 nitrogen and oxygen atoms in total. The first-order valence-electron chi connectivity index (χ1n) is 7.98. The lowest BCUT2D eigenvalue weighted by atomic mass is 10.0. The number of nitrogens with zero attached hydrogens (tertiary/aromatic N) is 2. The van der Waals surface area contributed by atoms with E-state index in [1.54, 1.807) is 41.3 Å². The Hall–Kier alpha value is -3.39. The van der Waals surface area contributed by atoms with Gasteiger partial charge < -0.3 is 10.2 Å². The van der Waals surface area contributed by atoms with Gasteiger partial charge in [-0.2, -0.15) is 5.26 Å². The number of anilines is 2. The lowest BCUT2D eigenvalue weighted by molar-refractivity contribution is -0.115. The van der Waals surface area contributed by atoms with E-state index < -0.39 is 5.91 Å². The maximum Gasteiger partial charge on any atom is 0.267 e. The Morgan fingerprint density at radius 2 is 1.72 bits per heavy atom. The topological polar surface area (TPSA) is 73.2 Å². The van der Waals surface area contributed by atoms with Gasteiger partial charge in [-0.15, -0.1) is 0 Å². The summed E-state index contributed by atoms with van der Waals surface area (Å²) in [6.07, 6.45) is 0. The van der Waals surface area contributed by atoms with E-state index in [1.165, 1.54) is 0 Å². The highest BCUT2D eigenvalue weighted by molar-refractivity contribution is 6.38. The van der Waals surface area contributed by atoms with E-state index in [1.807, 2.05) is 38.1 Å². The molecule has 1 heterocycles. The molecule has 0 spiro atoms. The molecule has 0 aromatic heterocycles. The second kappa shape index (κ2) is 6.62. The molecule has 0 fully saturated rings. The fourth-order valence-corrected chi connectivity index (χ4v) is 2.93. The van der Waals surface area contributed by atoms with E-state index >= 15 is 0 Å². The van der Waals surface area contributed by atoms with Gasteiger partial charge in [0.15, 0.2) is 0 Å². The SMILES string of the molecule is CC(C)N1C(=O)C(=C(C#N)C(=O)Nc2ccccc2)c2ccccc21. The number of hydrogen-bond acceptors (Lipinski definition) is 3. The van der Waals surface area contributed by atoms with Gasteiger partial charge in [-0.3, -0.25) is 9.59 Å². The molecular formula is C20H17N3O2. The molecule has 0 bridgehead atoms. The van der Waals surface area contributed by atoms with Gasteiger partial charge in [0.1, 0.15) is 11.6 Å². The minimum absolute atomic E-state index is 0.0803. The third kappa shape index (κ3) is 2.90. The molecule has 3 rings (SSSR count). The molecule has 2 aromatic rings. The molecule has 0 aliphatic carbocycles. The van der Waals surface area contributed by atoms with Crippen molar-refractivity contribution in [3.05, 3.63) is 65.7 Å². The monoisotopic (exact) mass is 331 g/mol. The van der Waals surface area contributed by atoms with Crippen molar-refractivity contribution < 1.29 is 9.59 Å². The van der Waals surface area contributed by atoms with Gasteiger partial charge >= 0.3 is 0 Å². The number of para-hydroxylation sites is 2. The van der Waals surface area contributed by atoms with Crippen LogP contribution in [0.2, 0.25) is 0 Å². The summed E-state index contributed by atoms with van der Waals surface area (Å²) in [5.74, 6) is -0.909. The maximum absolute atomic E-state index is 12.9. The molecule has 1 aliphatic heterocycles. The molecular weight excluding hydrogens is 314 g/mol. The number of nitriles is 1. The third-order valence-electron chi connectivity index (χ3n) is 4.00. The zero-order valence-corrected chi connectivity index (χ0v) is 14.0. The minimum atomic E-state index is -0.586. The Morgan fingerprint density at radius 3 is 2.36 bits per heavy atom. The van der Waals surface area contributed by atoms with Crippen LogP contribution in [-0.4, -0.2) is 17.9 Å². The highest BCUT2D eigenvalue weighted by Crippen LogP contribution is 2.39. The normalized spacial score (nSPS) is 15.0. The summed E-state index contributed by atoms with van der Waals surface area (Å²) < 4.78 is 0. The van der Waals surface area contributed by atoms with Crippen LogP contribution in [0.25, 0.3) is 5.57 Å². The summed E-state index contributed by atoms with van der Waals surface area (Å²) in [4.78, 5) is 27.1. The van der Waals surface area contributed by atoms with E-state index in [0.717, 1.165) is 5.69 Å². The molecule has 5 heteroatoms. The van der Waals surface area contributed by atoms with Crippen LogP contribution < -0.4 is 10.2 Å². The van der Waals surface area contributed by atoms with Crippen LogP contribution in [0.5, 0.6) is 0 Å². The first kappa shape index (κ1) is 16.5. The summed E-state index contributed by atoms with van der Waals surface area (Å²) in [6, 6.07) is 17.9. The molecule has 1 aliphatic rings. The quantitative estimate of drug-likeness (QED) is 0.692. The van der Waals surface area contributed by atoms with Crippen molar-refractivity contribution in [2.45, 2.75) is 19.9 Å². The average molecular weight is 331 g/mol. The first-order chi connectivity index (χ1) is 12.0. The molecule has 124 valence electrons. The van der Waals surface area contributed by atoms with Gasteiger partial charge in [-0.25, -0.2) is 0 Å². The number of carbonyl (C=O) groups excluding carboxylic acids is 2. The molecule has 0 radical (unpaired) electrons. The summed E-state index contributed by atoms with van der Waals surface area (Å²) >= 11 is 0. The number of fused-ring (bicyclic) bond motifs is 1. The Labute approximate surface area is 146 Å². The molecule has 0 saturated carbocycles. The van der Waals surface area contributed by atoms with Crippen LogP contribution in [-0.2, 0) is 9.59 Å². The predicted octanol–water partition coefficient (Wildman–Crippen LogP) is 3.36. The van der Waals surface area contributed by atoms with Crippen molar-refractivity contribution in [2.24, 2.45) is 0 Å². The van der Waals surface area contributed by atoms with Crippen molar-refractivity contribution in [3.8, 4) is 6.07 Å². The Bertz CT molecular complexity index is 908. The van der Waals surface area contributed by atoms with E-state index in [-0.39, 0.29) is 23.1 Å². The third-order valence-corrected chi connectivity index (χ3v) is 4.00. The molecule has 25 heavy (non-hydrogen) atoms. The van der Waals surface area contributed by atoms with Crippen molar-refractivity contribution in [2.75, 3.05) is 10.2 Å². The molecule has 2 amide bonds. The zero-order valence-electron chi connectivity index (χ0n) is 14.0. The number of amides is 2. The van der Waals surface area contributed by atoms with Gasteiger partial charge in [0.2, 0.25) is 0 Å². The molecule has 0 unspecified atom stereocenters. The van der Waals surface area contributed by atoms with E-state index in [9.17, 15) is 14.9 Å². The van der Waals surface area contributed by atoms with Crippen LogP contribution in [0.3, 0.4) is 0 Å². The van der Waals surface area contributed by atoms with E-state index in [2.05, 4.69) is 5.32 Å². The second-order valence-electron chi connectivity index (χ2n) is 5.97. The smallest absolute Gasteiger partial charge is 0.267 e. The summed E-state index contributed by atoms with van der Waals surface area (Å²) in [7, 11) is 0. The van der Waals surface area contributed by atoms with Crippen molar-refractivity contribution in [3.63, 3.8) is 0 Å². The molecule has 1 N–H and O–H groups in total. The number of rotatable bonds is 3. The molecule has 2 aromatic carbocycles. The van der Waals surface area contributed by atoms with Crippen LogP contribution >= 0.6 is 0 Å². The predicted molar refractivity (Wildman–Crippen MR) is 96.7 cm³/mol. The highest BCUT2D eigenvalue weighted by atomic mass is 16.2. The van der Waals surface area contributed by atoms with E-state index in [4.69, 9.17) is 0 Å². The summed E-state index contributed by atoms with van der Waals surface area (Å²) in [5, 5.41) is 12.2. The highest BCUT2D eigenvalue weighted by Gasteiger charge is 2.37. The number of carbonyl (C=O) groups is 2. The Kier molecular flexibility index (Phi) is 4.36. The van der Waals surface area contributed by atoms with Crippen LogP contribution in [0.1, 0.15) is 19.4 Å². The molecule has 0 saturated heterocycles. The first-order valence-corrected chi connectivity index (χ1v) is 7.98. The lowest BCUT2D eigenvalue weighted by Gasteiger charge is -2.21. The maximum atomic E-state index is 12.9. The largest absolute Gasteiger partial charge is 0.321 e. The summed E-state index contributed by atoms with van der Waals surface area (Å²) in [5.41, 5.74) is 1.88. The minimum Gasteiger partial charge on any atom is -0.321 e. The lowest BCUT2D eigenvalue weighted by Crippen LogP contribution is -2.33. The average Bonchev–Trinajstić information content (AvgIpc) is 2.89.